The number of halogens is 1. The largest absolute Gasteiger partial charge is 0.497 e. The molecule has 0 N–H and O–H groups in total. The molecule has 1 saturated heterocycles. The second-order valence-electron chi connectivity index (χ2n) is 6.15. The lowest BCUT2D eigenvalue weighted by atomic mass is 10.1. The average molecular weight is 348 g/mol. The van der Waals surface area contributed by atoms with Crippen LogP contribution in [0.25, 0.3) is 0 Å². The van der Waals surface area contributed by atoms with Crippen LogP contribution in [0.1, 0.15) is 24.0 Å². The summed E-state index contributed by atoms with van der Waals surface area (Å²) >= 11 is 0. The van der Waals surface area contributed by atoms with Gasteiger partial charge in [-0.15, -0.1) is 12.4 Å². The molecular formula is C20H26ClNO2. The number of hydrogen-bond acceptors (Lipinski definition) is 3. The van der Waals surface area contributed by atoms with Gasteiger partial charge in [0.25, 0.3) is 0 Å². The number of piperidine rings is 1. The predicted octanol–water partition coefficient (Wildman–Crippen LogP) is 4.30. The molecule has 4 heteroatoms. The van der Waals surface area contributed by atoms with E-state index in [0.717, 1.165) is 31.8 Å². The molecule has 0 bridgehead atoms. The third-order valence-corrected chi connectivity index (χ3v) is 4.33. The van der Waals surface area contributed by atoms with Crippen molar-refractivity contribution < 1.29 is 9.47 Å². The Labute approximate surface area is 151 Å². The summed E-state index contributed by atoms with van der Waals surface area (Å²) in [4.78, 5) is 2.50. The fourth-order valence-corrected chi connectivity index (χ4v) is 3.11. The highest BCUT2D eigenvalue weighted by Gasteiger charge is 2.20. The highest BCUT2D eigenvalue weighted by atomic mass is 35.5. The van der Waals surface area contributed by atoms with E-state index < -0.39 is 0 Å². The molecule has 130 valence electrons. The second kappa shape index (κ2) is 9.67. The maximum absolute atomic E-state index is 6.14. The van der Waals surface area contributed by atoms with Gasteiger partial charge in [-0.05, 0) is 42.6 Å². The third-order valence-electron chi connectivity index (χ3n) is 4.33. The van der Waals surface area contributed by atoms with Crippen LogP contribution in [0.5, 0.6) is 5.75 Å². The van der Waals surface area contributed by atoms with Gasteiger partial charge in [-0.1, -0.05) is 42.5 Å². The molecule has 1 aliphatic heterocycles. The Hall–Kier alpha value is -1.55. The molecular weight excluding hydrogens is 322 g/mol. The van der Waals surface area contributed by atoms with Gasteiger partial charge in [0, 0.05) is 13.1 Å². The van der Waals surface area contributed by atoms with Gasteiger partial charge in [0.15, 0.2) is 0 Å². The lowest BCUT2D eigenvalue weighted by Gasteiger charge is -2.32. The van der Waals surface area contributed by atoms with Crippen molar-refractivity contribution in [3.63, 3.8) is 0 Å². The van der Waals surface area contributed by atoms with Gasteiger partial charge < -0.3 is 9.47 Å². The van der Waals surface area contributed by atoms with Crippen LogP contribution in [0, 0.1) is 0 Å². The van der Waals surface area contributed by atoms with Crippen LogP contribution >= 0.6 is 12.4 Å². The molecule has 0 aromatic heterocycles. The SMILES string of the molecule is COc1cccc(COC2CCCN(Cc3ccccc3)C2)c1.Cl. The van der Waals surface area contributed by atoms with E-state index in [1.165, 1.54) is 17.5 Å². The highest BCUT2D eigenvalue weighted by Crippen LogP contribution is 2.19. The van der Waals surface area contributed by atoms with Crippen molar-refractivity contribution in [1.82, 2.24) is 4.90 Å². The zero-order valence-electron chi connectivity index (χ0n) is 14.2. The van der Waals surface area contributed by atoms with E-state index in [1.54, 1.807) is 7.11 Å². The van der Waals surface area contributed by atoms with Crippen molar-refractivity contribution in [1.29, 1.82) is 0 Å². The van der Waals surface area contributed by atoms with Crippen molar-refractivity contribution >= 4 is 12.4 Å². The Kier molecular flexibility index (Phi) is 7.57. The van der Waals surface area contributed by atoms with Gasteiger partial charge >= 0.3 is 0 Å². The van der Waals surface area contributed by atoms with Crippen LogP contribution in [0.4, 0.5) is 0 Å². The first-order valence-corrected chi connectivity index (χ1v) is 8.34. The minimum absolute atomic E-state index is 0. The smallest absolute Gasteiger partial charge is 0.119 e. The maximum Gasteiger partial charge on any atom is 0.119 e. The molecule has 3 rings (SSSR count). The Morgan fingerprint density at radius 1 is 1.04 bits per heavy atom. The van der Waals surface area contributed by atoms with Gasteiger partial charge in [-0.2, -0.15) is 0 Å². The van der Waals surface area contributed by atoms with E-state index in [9.17, 15) is 0 Å². The number of rotatable bonds is 6. The monoisotopic (exact) mass is 347 g/mol. The summed E-state index contributed by atoms with van der Waals surface area (Å²) in [5.41, 5.74) is 2.55. The first-order chi connectivity index (χ1) is 11.3. The van der Waals surface area contributed by atoms with E-state index in [4.69, 9.17) is 9.47 Å². The minimum Gasteiger partial charge on any atom is -0.497 e. The molecule has 0 saturated carbocycles. The molecule has 3 nitrogen and oxygen atoms in total. The predicted molar refractivity (Wildman–Crippen MR) is 99.8 cm³/mol. The Balaban J connectivity index is 0.00000208. The number of benzene rings is 2. The van der Waals surface area contributed by atoms with Crippen LogP contribution in [-0.2, 0) is 17.9 Å². The van der Waals surface area contributed by atoms with Gasteiger partial charge in [0.05, 0.1) is 19.8 Å². The van der Waals surface area contributed by atoms with E-state index in [2.05, 4.69) is 41.3 Å². The van der Waals surface area contributed by atoms with Gasteiger partial charge in [-0.3, -0.25) is 4.90 Å². The molecule has 24 heavy (non-hydrogen) atoms. The van der Waals surface area contributed by atoms with Crippen LogP contribution in [0.3, 0.4) is 0 Å². The topological polar surface area (TPSA) is 21.7 Å². The minimum atomic E-state index is 0. The van der Waals surface area contributed by atoms with Crippen LogP contribution in [0.15, 0.2) is 54.6 Å². The standard InChI is InChI=1S/C20H25NO2.ClH/c1-22-19-10-5-9-18(13-19)16-23-20-11-6-12-21(15-20)14-17-7-3-2-4-8-17;/h2-5,7-10,13,20H,6,11-12,14-16H2,1H3;1H. The number of likely N-dealkylation sites (tertiary alicyclic amines) is 1. The molecule has 0 aliphatic carbocycles. The van der Waals surface area contributed by atoms with Gasteiger partial charge in [0.2, 0.25) is 0 Å². The summed E-state index contributed by atoms with van der Waals surface area (Å²) in [5.74, 6) is 0.889. The molecule has 1 atom stereocenters. The Bertz CT molecular complexity index is 606. The Morgan fingerprint density at radius 3 is 2.62 bits per heavy atom. The van der Waals surface area contributed by atoms with Crippen LogP contribution in [-0.4, -0.2) is 31.2 Å². The molecule has 1 fully saturated rings. The van der Waals surface area contributed by atoms with E-state index in [1.807, 2.05) is 18.2 Å². The van der Waals surface area contributed by atoms with Gasteiger partial charge in [-0.25, -0.2) is 0 Å². The van der Waals surface area contributed by atoms with Crippen molar-refractivity contribution in [2.45, 2.75) is 32.1 Å². The lowest BCUT2D eigenvalue weighted by Crippen LogP contribution is -2.39. The molecule has 0 radical (unpaired) electrons. The average Bonchev–Trinajstić information content (AvgIpc) is 2.61. The molecule has 0 spiro atoms. The summed E-state index contributed by atoms with van der Waals surface area (Å²) in [6.07, 6.45) is 2.67. The maximum atomic E-state index is 6.14. The molecule has 1 heterocycles. The van der Waals surface area contributed by atoms with Crippen molar-refractivity contribution in [2.24, 2.45) is 0 Å². The fourth-order valence-electron chi connectivity index (χ4n) is 3.11. The molecule has 2 aromatic carbocycles. The second-order valence-corrected chi connectivity index (χ2v) is 6.15. The van der Waals surface area contributed by atoms with Crippen molar-refractivity contribution in [3.8, 4) is 5.75 Å². The quantitative estimate of drug-likeness (QED) is 0.777. The fraction of sp³-hybridized carbons (Fsp3) is 0.400. The van der Waals surface area contributed by atoms with E-state index >= 15 is 0 Å². The summed E-state index contributed by atoms with van der Waals surface area (Å²) in [5, 5.41) is 0. The number of methoxy groups -OCH3 is 1. The molecule has 1 unspecified atom stereocenters. The van der Waals surface area contributed by atoms with E-state index in [-0.39, 0.29) is 12.4 Å². The molecule has 0 amide bonds. The van der Waals surface area contributed by atoms with E-state index in [0.29, 0.717) is 12.7 Å². The molecule has 2 aromatic rings. The number of ether oxygens (including phenoxy) is 2. The summed E-state index contributed by atoms with van der Waals surface area (Å²) < 4.78 is 11.4. The zero-order valence-corrected chi connectivity index (χ0v) is 15.0. The lowest BCUT2D eigenvalue weighted by molar-refractivity contribution is -0.0121. The first kappa shape index (κ1) is 18.8. The third kappa shape index (κ3) is 5.52. The Morgan fingerprint density at radius 2 is 1.83 bits per heavy atom. The summed E-state index contributed by atoms with van der Waals surface area (Å²) in [7, 11) is 1.70. The number of nitrogens with zero attached hydrogens (tertiary/aromatic N) is 1. The number of hydrogen-bond donors (Lipinski definition) is 0. The zero-order chi connectivity index (χ0) is 15.9. The normalized spacial score (nSPS) is 18.0. The molecule has 1 aliphatic rings. The van der Waals surface area contributed by atoms with Crippen LogP contribution in [0.2, 0.25) is 0 Å². The van der Waals surface area contributed by atoms with Crippen molar-refractivity contribution in [3.05, 3.63) is 65.7 Å². The van der Waals surface area contributed by atoms with Crippen LogP contribution < -0.4 is 4.74 Å². The van der Waals surface area contributed by atoms with Gasteiger partial charge in [0.1, 0.15) is 5.75 Å². The highest BCUT2D eigenvalue weighted by molar-refractivity contribution is 5.85. The van der Waals surface area contributed by atoms with Crippen molar-refractivity contribution in [2.75, 3.05) is 20.2 Å². The summed E-state index contributed by atoms with van der Waals surface area (Å²) in [6.45, 7) is 3.84. The summed E-state index contributed by atoms with van der Waals surface area (Å²) in [6, 6.07) is 18.8. The first-order valence-electron chi connectivity index (χ1n) is 8.34.